The summed E-state index contributed by atoms with van der Waals surface area (Å²) in [6.07, 6.45) is 7.81. The standard InChI is InChI=1S/C15H23N3O/c1-2-15(19)17-10-3-13-6-11-18(12-7-13)14-4-8-16-9-5-14/h4-5,8-9,13H,2-3,6-7,10-12H2,1H3,(H,17,19). The van der Waals surface area contributed by atoms with Gasteiger partial charge < -0.3 is 10.2 Å². The van der Waals surface area contributed by atoms with E-state index in [1.165, 1.54) is 18.5 Å². The summed E-state index contributed by atoms with van der Waals surface area (Å²) in [4.78, 5) is 17.6. The van der Waals surface area contributed by atoms with Crippen LogP contribution in [-0.4, -0.2) is 30.5 Å². The zero-order valence-corrected chi connectivity index (χ0v) is 11.6. The lowest BCUT2D eigenvalue weighted by molar-refractivity contribution is -0.120. The summed E-state index contributed by atoms with van der Waals surface area (Å²) < 4.78 is 0. The lowest BCUT2D eigenvalue weighted by atomic mass is 9.93. The number of carbonyl (C=O) groups excluding carboxylic acids is 1. The molecule has 1 N–H and O–H groups in total. The van der Waals surface area contributed by atoms with Crippen molar-refractivity contribution < 1.29 is 4.79 Å². The van der Waals surface area contributed by atoms with E-state index in [0.29, 0.717) is 6.42 Å². The quantitative estimate of drug-likeness (QED) is 0.884. The number of carbonyl (C=O) groups is 1. The maximum atomic E-state index is 11.2. The monoisotopic (exact) mass is 261 g/mol. The molecule has 1 amide bonds. The fraction of sp³-hybridized carbons (Fsp3) is 0.600. The molecule has 1 aromatic heterocycles. The van der Waals surface area contributed by atoms with Gasteiger partial charge in [0.15, 0.2) is 0 Å². The molecule has 2 rings (SSSR count). The van der Waals surface area contributed by atoms with Gasteiger partial charge in [-0.3, -0.25) is 9.78 Å². The molecule has 0 atom stereocenters. The number of hydrogen-bond acceptors (Lipinski definition) is 3. The van der Waals surface area contributed by atoms with E-state index in [2.05, 4.69) is 27.3 Å². The van der Waals surface area contributed by atoms with E-state index >= 15 is 0 Å². The van der Waals surface area contributed by atoms with Crippen LogP contribution in [0.25, 0.3) is 0 Å². The van der Waals surface area contributed by atoms with E-state index in [0.717, 1.165) is 32.0 Å². The van der Waals surface area contributed by atoms with Crippen LogP contribution >= 0.6 is 0 Å². The highest BCUT2D eigenvalue weighted by molar-refractivity contribution is 5.75. The predicted octanol–water partition coefficient (Wildman–Crippen LogP) is 2.21. The summed E-state index contributed by atoms with van der Waals surface area (Å²) in [5.74, 6) is 0.907. The summed E-state index contributed by atoms with van der Waals surface area (Å²) in [5, 5.41) is 2.96. The highest BCUT2D eigenvalue weighted by atomic mass is 16.1. The molecule has 1 aromatic rings. The van der Waals surface area contributed by atoms with Gasteiger partial charge in [0.1, 0.15) is 0 Å². The third-order valence-corrected chi connectivity index (χ3v) is 3.84. The number of anilines is 1. The van der Waals surface area contributed by atoms with Gasteiger partial charge in [0.05, 0.1) is 0 Å². The zero-order valence-electron chi connectivity index (χ0n) is 11.6. The molecule has 0 radical (unpaired) electrons. The van der Waals surface area contributed by atoms with Crippen molar-refractivity contribution in [3.8, 4) is 0 Å². The fourth-order valence-corrected chi connectivity index (χ4v) is 2.58. The van der Waals surface area contributed by atoms with Gasteiger partial charge in [0.2, 0.25) is 5.91 Å². The zero-order chi connectivity index (χ0) is 13.5. The topological polar surface area (TPSA) is 45.2 Å². The predicted molar refractivity (Wildman–Crippen MR) is 77.1 cm³/mol. The third kappa shape index (κ3) is 4.23. The lowest BCUT2D eigenvalue weighted by Gasteiger charge is -2.33. The van der Waals surface area contributed by atoms with Crippen LogP contribution in [0.4, 0.5) is 5.69 Å². The van der Waals surface area contributed by atoms with Crippen LogP contribution in [0.5, 0.6) is 0 Å². The molecule has 0 bridgehead atoms. The van der Waals surface area contributed by atoms with Gasteiger partial charge in [0, 0.05) is 44.1 Å². The van der Waals surface area contributed by atoms with Gasteiger partial charge in [0.25, 0.3) is 0 Å². The molecule has 0 unspecified atom stereocenters. The van der Waals surface area contributed by atoms with Crippen molar-refractivity contribution in [2.45, 2.75) is 32.6 Å². The smallest absolute Gasteiger partial charge is 0.219 e. The molecular formula is C15H23N3O. The van der Waals surface area contributed by atoms with Crippen molar-refractivity contribution in [3.05, 3.63) is 24.5 Å². The highest BCUT2D eigenvalue weighted by Crippen LogP contribution is 2.24. The molecule has 4 nitrogen and oxygen atoms in total. The van der Waals surface area contributed by atoms with E-state index in [-0.39, 0.29) is 5.91 Å². The molecule has 1 aliphatic heterocycles. The normalized spacial score (nSPS) is 16.4. The van der Waals surface area contributed by atoms with Crippen LogP contribution in [0.2, 0.25) is 0 Å². The summed E-state index contributed by atoms with van der Waals surface area (Å²) >= 11 is 0. The van der Waals surface area contributed by atoms with Crippen LogP contribution in [0, 0.1) is 5.92 Å². The van der Waals surface area contributed by atoms with Gasteiger partial charge in [-0.2, -0.15) is 0 Å². The first-order valence-electron chi connectivity index (χ1n) is 7.21. The van der Waals surface area contributed by atoms with Crippen molar-refractivity contribution in [3.63, 3.8) is 0 Å². The second-order valence-electron chi connectivity index (χ2n) is 5.13. The first-order valence-corrected chi connectivity index (χ1v) is 7.21. The van der Waals surface area contributed by atoms with Crippen LogP contribution in [0.15, 0.2) is 24.5 Å². The van der Waals surface area contributed by atoms with Gasteiger partial charge >= 0.3 is 0 Å². The van der Waals surface area contributed by atoms with Crippen LogP contribution in [0.3, 0.4) is 0 Å². The molecule has 2 heterocycles. The molecular weight excluding hydrogens is 238 g/mol. The molecule has 0 saturated carbocycles. The SMILES string of the molecule is CCC(=O)NCCC1CCN(c2ccncc2)CC1. The molecule has 0 spiro atoms. The number of rotatable bonds is 5. The second kappa shape index (κ2) is 7.12. The Kier molecular flexibility index (Phi) is 5.19. The number of amides is 1. The maximum Gasteiger partial charge on any atom is 0.219 e. The Labute approximate surface area is 115 Å². The summed E-state index contributed by atoms with van der Waals surface area (Å²) in [7, 11) is 0. The minimum atomic E-state index is 0.161. The van der Waals surface area contributed by atoms with Crippen molar-refractivity contribution in [2.24, 2.45) is 5.92 Å². The van der Waals surface area contributed by atoms with Gasteiger partial charge in [-0.15, -0.1) is 0 Å². The number of aromatic nitrogens is 1. The largest absolute Gasteiger partial charge is 0.371 e. The number of nitrogens with one attached hydrogen (secondary N) is 1. The van der Waals surface area contributed by atoms with Gasteiger partial charge in [-0.1, -0.05) is 6.92 Å². The van der Waals surface area contributed by atoms with Crippen LogP contribution < -0.4 is 10.2 Å². The van der Waals surface area contributed by atoms with E-state index in [9.17, 15) is 4.79 Å². The van der Waals surface area contributed by atoms with Gasteiger partial charge in [-0.25, -0.2) is 0 Å². The molecule has 1 fully saturated rings. The number of piperidine rings is 1. The molecule has 1 saturated heterocycles. The maximum absolute atomic E-state index is 11.2. The Morgan fingerprint density at radius 3 is 2.68 bits per heavy atom. The average Bonchev–Trinajstić information content (AvgIpc) is 2.48. The summed E-state index contributed by atoms with van der Waals surface area (Å²) in [6.45, 7) is 4.93. The summed E-state index contributed by atoms with van der Waals surface area (Å²) in [6, 6.07) is 4.14. The highest BCUT2D eigenvalue weighted by Gasteiger charge is 2.19. The van der Waals surface area contributed by atoms with Crippen molar-refractivity contribution >= 4 is 11.6 Å². The Morgan fingerprint density at radius 1 is 1.37 bits per heavy atom. The molecule has 19 heavy (non-hydrogen) atoms. The second-order valence-corrected chi connectivity index (χ2v) is 5.13. The Balaban J connectivity index is 1.69. The van der Waals surface area contributed by atoms with Crippen LogP contribution in [0.1, 0.15) is 32.6 Å². The van der Waals surface area contributed by atoms with Crippen molar-refractivity contribution in [1.82, 2.24) is 10.3 Å². The Hall–Kier alpha value is -1.58. The van der Waals surface area contributed by atoms with E-state index in [4.69, 9.17) is 0 Å². The molecule has 1 aliphatic rings. The van der Waals surface area contributed by atoms with Crippen molar-refractivity contribution in [2.75, 3.05) is 24.5 Å². The number of nitrogens with zero attached hydrogens (tertiary/aromatic N) is 2. The third-order valence-electron chi connectivity index (χ3n) is 3.84. The molecule has 0 aliphatic carbocycles. The minimum Gasteiger partial charge on any atom is -0.371 e. The van der Waals surface area contributed by atoms with Crippen molar-refractivity contribution in [1.29, 1.82) is 0 Å². The Bertz CT molecular complexity index is 386. The number of hydrogen-bond donors (Lipinski definition) is 1. The van der Waals surface area contributed by atoms with E-state index in [1.807, 2.05) is 19.3 Å². The average molecular weight is 261 g/mol. The summed E-state index contributed by atoms with van der Waals surface area (Å²) in [5.41, 5.74) is 1.27. The van der Waals surface area contributed by atoms with Gasteiger partial charge in [-0.05, 0) is 37.3 Å². The minimum absolute atomic E-state index is 0.161. The lowest BCUT2D eigenvalue weighted by Crippen LogP contribution is -2.35. The fourth-order valence-electron chi connectivity index (χ4n) is 2.58. The Morgan fingerprint density at radius 2 is 2.05 bits per heavy atom. The van der Waals surface area contributed by atoms with E-state index < -0.39 is 0 Å². The number of pyridine rings is 1. The van der Waals surface area contributed by atoms with Crippen LogP contribution in [-0.2, 0) is 4.79 Å². The molecule has 4 heteroatoms. The molecule has 104 valence electrons. The first-order chi connectivity index (χ1) is 9.29. The molecule has 0 aromatic carbocycles. The first kappa shape index (κ1) is 13.8. The van der Waals surface area contributed by atoms with E-state index in [1.54, 1.807) is 0 Å².